The van der Waals surface area contributed by atoms with Crippen molar-refractivity contribution in [3.63, 3.8) is 0 Å². The summed E-state index contributed by atoms with van der Waals surface area (Å²) in [6.45, 7) is 4.51. The van der Waals surface area contributed by atoms with E-state index in [-0.39, 0.29) is 6.03 Å². The van der Waals surface area contributed by atoms with Crippen molar-refractivity contribution in [2.45, 2.75) is 26.3 Å². The first kappa shape index (κ1) is 20.4. The molecule has 30 heavy (non-hydrogen) atoms. The van der Waals surface area contributed by atoms with Crippen LogP contribution in [0.1, 0.15) is 37.8 Å². The lowest BCUT2D eigenvalue weighted by atomic mass is 9.94. The quantitative estimate of drug-likeness (QED) is 0.529. The van der Waals surface area contributed by atoms with E-state index in [1.807, 2.05) is 38.1 Å². The van der Waals surface area contributed by atoms with Crippen LogP contribution in [0.2, 0.25) is 10.0 Å². The van der Waals surface area contributed by atoms with Gasteiger partial charge in [-0.3, -0.25) is 4.90 Å². The highest BCUT2D eigenvalue weighted by Gasteiger charge is 2.35. The molecule has 1 aromatic heterocycles. The molecule has 3 aromatic rings. The zero-order chi connectivity index (χ0) is 21.3. The largest absolute Gasteiger partial charge is 0.334 e. The van der Waals surface area contributed by atoms with Gasteiger partial charge in [0.25, 0.3) is 5.89 Å². The molecule has 8 heteroatoms. The van der Waals surface area contributed by atoms with E-state index in [1.165, 1.54) is 0 Å². The number of hydrogen-bond donors (Lipinski definition) is 1. The van der Waals surface area contributed by atoms with Crippen LogP contribution in [-0.2, 0) is 0 Å². The van der Waals surface area contributed by atoms with Gasteiger partial charge >= 0.3 is 6.03 Å². The van der Waals surface area contributed by atoms with Gasteiger partial charge in [-0.15, -0.1) is 0 Å². The minimum absolute atomic E-state index is 0.160. The Labute approximate surface area is 184 Å². The molecule has 0 spiro atoms. The zero-order valence-electron chi connectivity index (χ0n) is 16.5. The molecule has 1 unspecified atom stereocenters. The standard InChI is InChI=1S/C22H20Cl2N4O2/c1-3-11-28-13(2)18(19(25-22(28)29)14-7-9-16(23)10-8-14)21-26-20(27-30-21)15-5-4-6-17(24)12-15/h4-10,12,19H,3,11H2,1-2H3,(H,25,29). The molecule has 0 saturated heterocycles. The second-order valence-corrected chi connectivity index (χ2v) is 7.89. The number of hydrogen-bond acceptors (Lipinski definition) is 4. The molecule has 6 nitrogen and oxygen atoms in total. The third kappa shape index (κ3) is 3.93. The molecular formula is C22H20Cl2N4O2. The average Bonchev–Trinajstić information content (AvgIpc) is 3.21. The number of carbonyl (C=O) groups excluding carboxylic acids is 1. The van der Waals surface area contributed by atoms with Crippen LogP contribution in [-0.4, -0.2) is 27.6 Å². The van der Waals surface area contributed by atoms with Gasteiger partial charge in [-0.1, -0.05) is 59.5 Å². The topological polar surface area (TPSA) is 71.3 Å². The predicted octanol–water partition coefficient (Wildman–Crippen LogP) is 5.95. The number of benzene rings is 2. The van der Waals surface area contributed by atoms with Crippen LogP contribution in [0.25, 0.3) is 17.0 Å². The number of urea groups is 1. The Balaban J connectivity index is 1.81. The van der Waals surface area contributed by atoms with E-state index >= 15 is 0 Å². The number of allylic oxidation sites excluding steroid dienone is 1. The SMILES string of the molecule is CCCN1C(=O)NC(c2ccc(Cl)cc2)C(c2nc(-c3cccc(Cl)c3)no2)=C1C. The molecule has 4 rings (SSSR count). The van der Waals surface area contributed by atoms with Crippen molar-refractivity contribution in [3.05, 3.63) is 75.7 Å². The van der Waals surface area contributed by atoms with E-state index < -0.39 is 6.04 Å². The van der Waals surface area contributed by atoms with Crippen molar-refractivity contribution in [1.82, 2.24) is 20.4 Å². The van der Waals surface area contributed by atoms with E-state index in [0.29, 0.717) is 28.3 Å². The zero-order valence-corrected chi connectivity index (χ0v) is 18.0. The normalized spacial score (nSPS) is 16.7. The first-order chi connectivity index (χ1) is 14.5. The molecule has 0 bridgehead atoms. The van der Waals surface area contributed by atoms with E-state index in [9.17, 15) is 4.79 Å². The van der Waals surface area contributed by atoms with Gasteiger partial charge in [0.1, 0.15) is 0 Å². The smallest absolute Gasteiger partial charge is 0.322 e. The Kier molecular flexibility index (Phi) is 5.79. The fourth-order valence-corrected chi connectivity index (χ4v) is 3.85. The van der Waals surface area contributed by atoms with E-state index in [2.05, 4.69) is 15.5 Å². The molecule has 2 heterocycles. The second kappa shape index (κ2) is 8.50. The highest BCUT2D eigenvalue weighted by Crippen LogP contribution is 2.37. The first-order valence-corrected chi connectivity index (χ1v) is 10.4. The molecule has 2 amide bonds. The van der Waals surface area contributed by atoms with Crippen LogP contribution in [0.4, 0.5) is 4.79 Å². The molecule has 2 aromatic carbocycles. The third-order valence-corrected chi connectivity index (χ3v) is 5.47. The van der Waals surface area contributed by atoms with Crippen molar-refractivity contribution in [3.8, 4) is 11.4 Å². The number of carbonyl (C=O) groups is 1. The van der Waals surface area contributed by atoms with Gasteiger partial charge in [0.15, 0.2) is 0 Å². The van der Waals surface area contributed by atoms with Crippen LogP contribution in [0.5, 0.6) is 0 Å². The van der Waals surface area contributed by atoms with Crippen molar-refractivity contribution >= 4 is 34.8 Å². The molecule has 0 saturated carbocycles. The predicted molar refractivity (Wildman–Crippen MR) is 117 cm³/mol. The van der Waals surface area contributed by atoms with Gasteiger partial charge in [0.05, 0.1) is 11.6 Å². The number of nitrogens with zero attached hydrogens (tertiary/aromatic N) is 3. The van der Waals surface area contributed by atoms with Crippen LogP contribution in [0.15, 0.2) is 58.8 Å². The van der Waals surface area contributed by atoms with Gasteiger partial charge in [0, 0.05) is 27.9 Å². The van der Waals surface area contributed by atoms with Crippen molar-refractivity contribution in [1.29, 1.82) is 0 Å². The summed E-state index contributed by atoms with van der Waals surface area (Å²) in [6, 6.07) is 14.0. The number of halogens is 2. The monoisotopic (exact) mass is 442 g/mol. The van der Waals surface area contributed by atoms with Crippen LogP contribution in [0, 0.1) is 0 Å². The molecule has 0 fully saturated rings. The maximum absolute atomic E-state index is 12.8. The summed E-state index contributed by atoms with van der Waals surface area (Å²) in [5.41, 5.74) is 3.16. The molecule has 1 atom stereocenters. The van der Waals surface area contributed by atoms with E-state index in [4.69, 9.17) is 27.7 Å². The maximum Gasteiger partial charge on any atom is 0.322 e. The summed E-state index contributed by atoms with van der Waals surface area (Å²) in [7, 11) is 0. The summed E-state index contributed by atoms with van der Waals surface area (Å²) in [6.07, 6.45) is 0.821. The molecule has 1 N–H and O–H groups in total. The minimum atomic E-state index is -0.435. The fourth-order valence-electron chi connectivity index (χ4n) is 3.53. The maximum atomic E-state index is 12.8. The summed E-state index contributed by atoms with van der Waals surface area (Å²) in [4.78, 5) is 19.1. The van der Waals surface area contributed by atoms with Gasteiger partial charge in [0.2, 0.25) is 5.82 Å². The Hall–Kier alpha value is -2.83. The highest BCUT2D eigenvalue weighted by atomic mass is 35.5. The van der Waals surface area contributed by atoms with E-state index in [0.717, 1.165) is 28.8 Å². The molecule has 0 radical (unpaired) electrons. The van der Waals surface area contributed by atoms with Gasteiger partial charge in [-0.2, -0.15) is 4.98 Å². The van der Waals surface area contributed by atoms with E-state index in [1.54, 1.807) is 29.2 Å². The third-order valence-electron chi connectivity index (χ3n) is 4.99. The van der Waals surface area contributed by atoms with Crippen LogP contribution < -0.4 is 5.32 Å². The van der Waals surface area contributed by atoms with Gasteiger partial charge < -0.3 is 9.84 Å². The molecular weight excluding hydrogens is 423 g/mol. The Morgan fingerprint density at radius 3 is 2.60 bits per heavy atom. The molecule has 0 aliphatic carbocycles. The Morgan fingerprint density at radius 1 is 1.13 bits per heavy atom. The molecule has 1 aliphatic heterocycles. The highest BCUT2D eigenvalue weighted by molar-refractivity contribution is 6.31. The lowest BCUT2D eigenvalue weighted by molar-refractivity contribution is 0.205. The number of nitrogens with one attached hydrogen (secondary N) is 1. The lowest BCUT2D eigenvalue weighted by Gasteiger charge is -2.35. The molecule has 154 valence electrons. The van der Waals surface area contributed by atoms with Crippen molar-refractivity contribution in [2.75, 3.05) is 6.54 Å². The lowest BCUT2D eigenvalue weighted by Crippen LogP contribution is -2.46. The Bertz CT molecular complexity index is 1110. The number of amides is 2. The number of aromatic nitrogens is 2. The minimum Gasteiger partial charge on any atom is -0.334 e. The van der Waals surface area contributed by atoms with Crippen molar-refractivity contribution in [2.24, 2.45) is 0 Å². The summed E-state index contributed by atoms with van der Waals surface area (Å²) >= 11 is 12.1. The second-order valence-electron chi connectivity index (χ2n) is 7.02. The van der Waals surface area contributed by atoms with Crippen LogP contribution in [0.3, 0.4) is 0 Å². The first-order valence-electron chi connectivity index (χ1n) is 9.62. The van der Waals surface area contributed by atoms with Gasteiger partial charge in [-0.25, -0.2) is 4.79 Å². The van der Waals surface area contributed by atoms with Crippen LogP contribution >= 0.6 is 23.2 Å². The average molecular weight is 443 g/mol. The fraction of sp³-hybridized carbons (Fsp3) is 0.227. The molecule has 1 aliphatic rings. The summed E-state index contributed by atoms with van der Waals surface area (Å²) in [5, 5.41) is 8.41. The summed E-state index contributed by atoms with van der Waals surface area (Å²) < 4.78 is 5.64. The number of rotatable bonds is 5. The summed E-state index contributed by atoms with van der Waals surface area (Å²) in [5.74, 6) is 0.783. The Morgan fingerprint density at radius 2 is 1.90 bits per heavy atom. The van der Waals surface area contributed by atoms with Gasteiger partial charge in [-0.05, 0) is 43.2 Å². The van der Waals surface area contributed by atoms with Crippen molar-refractivity contribution < 1.29 is 9.32 Å².